The second-order valence-corrected chi connectivity index (χ2v) is 5.49. The molecule has 0 radical (unpaired) electrons. The van der Waals surface area contributed by atoms with Gasteiger partial charge in [-0.15, -0.1) is 11.3 Å². The summed E-state index contributed by atoms with van der Waals surface area (Å²) in [7, 11) is 1.60. The van der Waals surface area contributed by atoms with Gasteiger partial charge in [0.05, 0.1) is 23.0 Å². The number of amides is 1. The SMILES string of the molecule is COc1ccc(NC(C)=O)cc1Nc1ncnc2ccsc12. The molecule has 0 saturated carbocycles. The summed E-state index contributed by atoms with van der Waals surface area (Å²) in [5.41, 5.74) is 2.30. The van der Waals surface area contributed by atoms with Gasteiger partial charge in [-0.2, -0.15) is 0 Å². The van der Waals surface area contributed by atoms with E-state index in [0.717, 1.165) is 15.9 Å². The molecule has 0 saturated heterocycles. The van der Waals surface area contributed by atoms with Crippen molar-refractivity contribution in [2.75, 3.05) is 17.7 Å². The average Bonchev–Trinajstić information content (AvgIpc) is 2.96. The molecule has 1 amide bonds. The highest BCUT2D eigenvalue weighted by atomic mass is 32.1. The Hall–Kier alpha value is -2.67. The highest BCUT2D eigenvalue weighted by molar-refractivity contribution is 7.17. The fourth-order valence-electron chi connectivity index (χ4n) is 2.09. The number of carbonyl (C=O) groups excluding carboxylic acids is 1. The number of carbonyl (C=O) groups is 1. The summed E-state index contributed by atoms with van der Waals surface area (Å²) in [5, 5.41) is 7.97. The number of fused-ring (bicyclic) bond motifs is 1. The summed E-state index contributed by atoms with van der Waals surface area (Å²) >= 11 is 1.56. The maximum Gasteiger partial charge on any atom is 0.221 e. The van der Waals surface area contributed by atoms with E-state index < -0.39 is 0 Å². The molecule has 3 aromatic rings. The third-order valence-corrected chi connectivity index (χ3v) is 3.93. The molecular weight excluding hydrogens is 300 g/mol. The number of hydrogen-bond donors (Lipinski definition) is 2. The molecule has 2 N–H and O–H groups in total. The molecule has 0 aliphatic rings. The molecule has 0 bridgehead atoms. The summed E-state index contributed by atoms with van der Waals surface area (Å²) in [6.07, 6.45) is 1.52. The lowest BCUT2D eigenvalue weighted by Gasteiger charge is -2.13. The molecular formula is C15H14N4O2S. The van der Waals surface area contributed by atoms with Crippen molar-refractivity contribution in [1.29, 1.82) is 0 Å². The van der Waals surface area contributed by atoms with Gasteiger partial charge in [-0.3, -0.25) is 4.79 Å². The quantitative estimate of drug-likeness (QED) is 0.772. The van der Waals surface area contributed by atoms with Crippen LogP contribution in [0.5, 0.6) is 5.75 Å². The van der Waals surface area contributed by atoms with Crippen molar-refractivity contribution in [3.05, 3.63) is 36.0 Å². The predicted molar refractivity (Wildman–Crippen MR) is 88.0 cm³/mol. The zero-order valence-corrected chi connectivity index (χ0v) is 12.9. The molecule has 0 fully saturated rings. The Bertz CT molecular complexity index is 831. The van der Waals surface area contributed by atoms with Crippen molar-refractivity contribution in [2.24, 2.45) is 0 Å². The Kier molecular flexibility index (Phi) is 3.88. The van der Waals surface area contributed by atoms with Crippen molar-refractivity contribution in [1.82, 2.24) is 9.97 Å². The largest absolute Gasteiger partial charge is 0.495 e. The first-order valence-electron chi connectivity index (χ1n) is 6.58. The highest BCUT2D eigenvalue weighted by Gasteiger charge is 2.10. The van der Waals surface area contributed by atoms with Crippen molar-refractivity contribution in [2.45, 2.75) is 6.92 Å². The van der Waals surface area contributed by atoms with Gasteiger partial charge in [-0.1, -0.05) is 0 Å². The molecule has 1 aromatic carbocycles. The number of benzene rings is 1. The molecule has 2 heterocycles. The summed E-state index contributed by atoms with van der Waals surface area (Å²) in [4.78, 5) is 19.7. The topological polar surface area (TPSA) is 76.1 Å². The lowest BCUT2D eigenvalue weighted by molar-refractivity contribution is -0.114. The Morgan fingerprint density at radius 2 is 2.14 bits per heavy atom. The van der Waals surface area contributed by atoms with Crippen LogP contribution in [0.15, 0.2) is 36.0 Å². The molecule has 0 unspecified atom stereocenters. The van der Waals surface area contributed by atoms with Crippen LogP contribution in [0.2, 0.25) is 0 Å². The first kappa shape index (κ1) is 14.3. The number of nitrogens with zero attached hydrogens (tertiary/aromatic N) is 2. The molecule has 0 aliphatic heterocycles. The minimum absolute atomic E-state index is 0.126. The standard InChI is InChI=1S/C15H14N4O2S/c1-9(20)18-10-3-4-13(21-2)12(7-10)19-15-14-11(5-6-22-14)16-8-17-15/h3-8H,1-2H3,(H,18,20)(H,16,17,19). The van der Waals surface area contributed by atoms with E-state index in [0.29, 0.717) is 17.3 Å². The molecule has 0 atom stereocenters. The molecule has 22 heavy (non-hydrogen) atoms. The second kappa shape index (κ2) is 5.98. The zero-order valence-electron chi connectivity index (χ0n) is 12.1. The molecule has 2 aromatic heterocycles. The lowest BCUT2D eigenvalue weighted by Crippen LogP contribution is -2.06. The van der Waals surface area contributed by atoms with Crippen molar-refractivity contribution >= 4 is 44.7 Å². The van der Waals surface area contributed by atoms with E-state index in [-0.39, 0.29) is 5.91 Å². The summed E-state index contributed by atoms with van der Waals surface area (Å²) < 4.78 is 6.32. The van der Waals surface area contributed by atoms with Crippen LogP contribution in [-0.2, 0) is 4.79 Å². The van der Waals surface area contributed by atoms with Gasteiger partial charge in [-0.05, 0) is 29.6 Å². The molecule has 0 spiro atoms. The maximum atomic E-state index is 11.2. The smallest absolute Gasteiger partial charge is 0.221 e. The highest BCUT2D eigenvalue weighted by Crippen LogP contribution is 2.33. The lowest BCUT2D eigenvalue weighted by atomic mass is 10.2. The number of hydrogen-bond acceptors (Lipinski definition) is 6. The summed E-state index contributed by atoms with van der Waals surface area (Å²) in [5.74, 6) is 1.24. The van der Waals surface area contributed by atoms with Crippen molar-refractivity contribution in [3.63, 3.8) is 0 Å². The fraction of sp³-hybridized carbons (Fsp3) is 0.133. The fourth-order valence-corrected chi connectivity index (χ4v) is 2.88. The molecule has 112 valence electrons. The number of methoxy groups -OCH3 is 1. The minimum atomic E-state index is -0.126. The number of ether oxygens (including phenoxy) is 1. The predicted octanol–water partition coefficient (Wildman–Crippen LogP) is 3.40. The van der Waals surface area contributed by atoms with E-state index in [1.54, 1.807) is 30.6 Å². The maximum absolute atomic E-state index is 11.2. The number of rotatable bonds is 4. The van der Waals surface area contributed by atoms with Crippen LogP contribution < -0.4 is 15.4 Å². The van der Waals surface area contributed by atoms with Crippen LogP contribution >= 0.6 is 11.3 Å². The Balaban J connectivity index is 1.99. The monoisotopic (exact) mass is 314 g/mol. The third-order valence-electron chi connectivity index (χ3n) is 3.02. The van der Waals surface area contributed by atoms with Crippen LogP contribution in [0, 0.1) is 0 Å². The molecule has 0 aliphatic carbocycles. The van der Waals surface area contributed by atoms with Crippen molar-refractivity contribution < 1.29 is 9.53 Å². The molecule has 6 nitrogen and oxygen atoms in total. The normalized spacial score (nSPS) is 10.5. The van der Waals surface area contributed by atoms with Crippen LogP contribution in [0.3, 0.4) is 0 Å². The van der Waals surface area contributed by atoms with Crippen molar-refractivity contribution in [3.8, 4) is 5.75 Å². The van der Waals surface area contributed by atoms with Crippen LogP contribution in [-0.4, -0.2) is 23.0 Å². The van der Waals surface area contributed by atoms with Crippen LogP contribution in [0.4, 0.5) is 17.2 Å². The first-order chi connectivity index (χ1) is 10.7. The van der Waals surface area contributed by atoms with E-state index in [9.17, 15) is 4.79 Å². The van der Waals surface area contributed by atoms with Gasteiger partial charge in [0.1, 0.15) is 12.1 Å². The van der Waals surface area contributed by atoms with Gasteiger partial charge in [0, 0.05) is 12.6 Å². The van der Waals surface area contributed by atoms with Gasteiger partial charge in [0.15, 0.2) is 5.82 Å². The van der Waals surface area contributed by atoms with E-state index in [1.165, 1.54) is 13.3 Å². The van der Waals surface area contributed by atoms with Gasteiger partial charge in [0.25, 0.3) is 0 Å². The number of nitrogens with one attached hydrogen (secondary N) is 2. The molecule has 3 rings (SSSR count). The van der Waals surface area contributed by atoms with Gasteiger partial charge in [-0.25, -0.2) is 9.97 Å². The van der Waals surface area contributed by atoms with E-state index >= 15 is 0 Å². The summed E-state index contributed by atoms with van der Waals surface area (Å²) in [6, 6.07) is 7.33. The Labute approximate surface area is 131 Å². The van der Waals surface area contributed by atoms with Gasteiger partial charge >= 0.3 is 0 Å². The van der Waals surface area contributed by atoms with E-state index in [2.05, 4.69) is 20.6 Å². The van der Waals surface area contributed by atoms with E-state index in [4.69, 9.17) is 4.74 Å². The Morgan fingerprint density at radius 3 is 2.91 bits per heavy atom. The number of anilines is 3. The second-order valence-electron chi connectivity index (χ2n) is 4.58. The van der Waals surface area contributed by atoms with E-state index in [1.807, 2.05) is 17.5 Å². The summed E-state index contributed by atoms with van der Waals surface area (Å²) in [6.45, 7) is 1.47. The number of thiophene rings is 1. The number of aromatic nitrogens is 2. The van der Waals surface area contributed by atoms with Gasteiger partial charge in [0.2, 0.25) is 5.91 Å². The average molecular weight is 314 g/mol. The van der Waals surface area contributed by atoms with Crippen LogP contribution in [0.1, 0.15) is 6.92 Å². The molecule has 7 heteroatoms. The minimum Gasteiger partial charge on any atom is -0.495 e. The first-order valence-corrected chi connectivity index (χ1v) is 7.46. The Morgan fingerprint density at radius 1 is 1.27 bits per heavy atom. The van der Waals surface area contributed by atoms with Crippen LogP contribution in [0.25, 0.3) is 10.2 Å². The van der Waals surface area contributed by atoms with Gasteiger partial charge < -0.3 is 15.4 Å². The third kappa shape index (κ3) is 2.84. The zero-order chi connectivity index (χ0) is 15.5.